The Bertz CT molecular complexity index is 1080. The molecule has 0 saturated carbocycles. The first kappa shape index (κ1) is 16.9. The van der Waals surface area contributed by atoms with Crippen molar-refractivity contribution in [3.05, 3.63) is 65.7 Å². The molecule has 0 aliphatic heterocycles. The molecule has 2 aromatic carbocycles. The van der Waals surface area contributed by atoms with E-state index in [0.717, 1.165) is 27.4 Å². The topological polar surface area (TPSA) is 59.3 Å². The van der Waals surface area contributed by atoms with E-state index in [9.17, 15) is 4.79 Å². The van der Waals surface area contributed by atoms with E-state index in [4.69, 9.17) is 11.6 Å². The smallest absolute Gasteiger partial charge is 0.225 e. The number of pyridine rings is 1. The van der Waals surface area contributed by atoms with Crippen LogP contribution in [0.3, 0.4) is 0 Å². The lowest BCUT2D eigenvalue weighted by atomic mass is 10.2. The number of aromatic nitrogens is 3. The number of anilines is 1. The van der Waals surface area contributed by atoms with Gasteiger partial charge in [0, 0.05) is 22.9 Å². The van der Waals surface area contributed by atoms with E-state index < -0.39 is 0 Å². The van der Waals surface area contributed by atoms with Crippen molar-refractivity contribution >= 4 is 51.5 Å². The van der Waals surface area contributed by atoms with Crippen LogP contribution in [0, 0.1) is 0 Å². The first-order valence-corrected chi connectivity index (χ1v) is 9.48. The number of carbonyl (C=O) groups is 1. The molecule has 1 amide bonds. The average molecular weight is 383 g/mol. The van der Waals surface area contributed by atoms with Crippen LogP contribution >= 0.6 is 23.4 Å². The van der Waals surface area contributed by atoms with E-state index in [1.807, 2.05) is 34.7 Å². The molecule has 2 aromatic heterocycles. The van der Waals surface area contributed by atoms with Gasteiger partial charge < -0.3 is 5.32 Å². The molecule has 0 aliphatic rings. The molecular formula is C19H15ClN4OS. The summed E-state index contributed by atoms with van der Waals surface area (Å²) < 4.78 is 2.02. The van der Waals surface area contributed by atoms with Gasteiger partial charge in [-0.15, -0.1) is 10.2 Å². The van der Waals surface area contributed by atoms with Crippen molar-refractivity contribution in [3.63, 3.8) is 0 Å². The molecule has 0 unspecified atom stereocenters. The Balaban J connectivity index is 1.44. The fourth-order valence-corrected chi connectivity index (χ4v) is 3.71. The summed E-state index contributed by atoms with van der Waals surface area (Å²) in [5.74, 6) is 0.571. The predicted octanol–water partition coefficient (Wildman–Crippen LogP) is 4.66. The number of rotatable bonds is 5. The molecule has 5 nitrogen and oxygen atoms in total. The van der Waals surface area contributed by atoms with Gasteiger partial charge in [0.05, 0.1) is 5.52 Å². The van der Waals surface area contributed by atoms with Gasteiger partial charge in [-0.05, 0) is 47.9 Å². The Morgan fingerprint density at radius 1 is 1.04 bits per heavy atom. The van der Waals surface area contributed by atoms with Gasteiger partial charge in [0.25, 0.3) is 0 Å². The molecule has 0 spiro atoms. The number of nitrogens with one attached hydrogen (secondary N) is 1. The van der Waals surface area contributed by atoms with E-state index in [1.54, 1.807) is 24.3 Å². The highest BCUT2D eigenvalue weighted by Crippen LogP contribution is 2.23. The lowest BCUT2D eigenvalue weighted by Gasteiger charge is -2.06. The normalized spacial score (nSPS) is 11.1. The standard InChI is InChI=1S/C19H15ClN4OS/c20-14-6-8-15(9-7-14)21-18(25)11-12-26-19-23-22-17-10-5-13-3-1-2-4-16(13)24(17)19/h1-10H,11-12H2,(H,21,25). The van der Waals surface area contributed by atoms with Crippen LogP contribution < -0.4 is 5.32 Å². The van der Waals surface area contributed by atoms with Crippen LogP contribution in [-0.2, 0) is 4.79 Å². The van der Waals surface area contributed by atoms with Crippen molar-refractivity contribution in [1.82, 2.24) is 14.6 Å². The van der Waals surface area contributed by atoms with Crippen LogP contribution in [0.2, 0.25) is 5.02 Å². The zero-order chi connectivity index (χ0) is 17.9. The summed E-state index contributed by atoms with van der Waals surface area (Å²) in [5, 5.41) is 13.9. The Morgan fingerprint density at radius 3 is 2.69 bits per heavy atom. The van der Waals surface area contributed by atoms with E-state index in [-0.39, 0.29) is 5.91 Å². The molecule has 0 bridgehead atoms. The van der Waals surface area contributed by atoms with Gasteiger partial charge in [0.1, 0.15) is 0 Å². The van der Waals surface area contributed by atoms with Crippen LogP contribution in [0.15, 0.2) is 65.8 Å². The maximum absolute atomic E-state index is 12.1. The van der Waals surface area contributed by atoms with Crippen LogP contribution in [-0.4, -0.2) is 26.3 Å². The lowest BCUT2D eigenvalue weighted by molar-refractivity contribution is -0.115. The number of benzene rings is 2. The fourth-order valence-electron chi connectivity index (χ4n) is 2.70. The predicted molar refractivity (Wildman–Crippen MR) is 106 cm³/mol. The van der Waals surface area contributed by atoms with E-state index in [1.165, 1.54) is 11.8 Å². The highest BCUT2D eigenvalue weighted by atomic mass is 35.5. The van der Waals surface area contributed by atoms with Crippen molar-refractivity contribution in [3.8, 4) is 0 Å². The van der Waals surface area contributed by atoms with Crippen LogP contribution in [0.4, 0.5) is 5.69 Å². The lowest BCUT2D eigenvalue weighted by Crippen LogP contribution is -2.12. The number of carbonyl (C=O) groups excluding carboxylic acids is 1. The maximum Gasteiger partial charge on any atom is 0.225 e. The van der Waals surface area contributed by atoms with Crippen molar-refractivity contribution in [1.29, 1.82) is 0 Å². The number of halogens is 1. The van der Waals surface area contributed by atoms with E-state index >= 15 is 0 Å². The van der Waals surface area contributed by atoms with Gasteiger partial charge in [-0.3, -0.25) is 9.20 Å². The molecule has 4 rings (SSSR count). The summed E-state index contributed by atoms with van der Waals surface area (Å²) in [4.78, 5) is 12.1. The minimum atomic E-state index is -0.0431. The van der Waals surface area contributed by atoms with Crippen molar-refractivity contribution in [2.24, 2.45) is 0 Å². The minimum Gasteiger partial charge on any atom is -0.326 e. The van der Waals surface area contributed by atoms with Gasteiger partial charge >= 0.3 is 0 Å². The average Bonchev–Trinajstić information content (AvgIpc) is 3.07. The molecule has 0 radical (unpaired) electrons. The van der Waals surface area contributed by atoms with Crippen molar-refractivity contribution in [2.75, 3.05) is 11.1 Å². The molecular weight excluding hydrogens is 368 g/mol. The number of amides is 1. The van der Waals surface area contributed by atoms with Crippen molar-refractivity contribution < 1.29 is 4.79 Å². The summed E-state index contributed by atoms with van der Waals surface area (Å²) in [6.07, 6.45) is 0.382. The second kappa shape index (κ2) is 7.35. The monoisotopic (exact) mass is 382 g/mol. The minimum absolute atomic E-state index is 0.0431. The Hall–Kier alpha value is -2.57. The highest BCUT2D eigenvalue weighted by molar-refractivity contribution is 7.99. The SMILES string of the molecule is O=C(CCSc1nnc2ccc3ccccc3n12)Nc1ccc(Cl)cc1. The van der Waals surface area contributed by atoms with Gasteiger partial charge in [-0.25, -0.2) is 0 Å². The molecule has 4 aromatic rings. The number of thioether (sulfide) groups is 1. The summed E-state index contributed by atoms with van der Waals surface area (Å²) in [7, 11) is 0. The molecule has 0 atom stereocenters. The summed E-state index contributed by atoms with van der Waals surface area (Å²) in [6.45, 7) is 0. The Morgan fingerprint density at radius 2 is 1.85 bits per heavy atom. The molecule has 1 N–H and O–H groups in total. The molecule has 0 fully saturated rings. The third-order valence-electron chi connectivity index (χ3n) is 3.94. The third kappa shape index (κ3) is 3.52. The quantitative estimate of drug-likeness (QED) is 0.510. The van der Waals surface area contributed by atoms with Crippen molar-refractivity contribution in [2.45, 2.75) is 11.6 Å². The Kier molecular flexibility index (Phi) is 4.77. The maximum atomic E-state index is 12.1. The highest BCUT2D eigenvalue weighted by Gasteiger charge is 2.10. The van der Waals surface area contributed by atoms with Crippen LogP contribution in [0.1, 0.15) is 6.42 Å². The van der Waals surface area contributed by atoms with E-state index in [0.29, 0.717) is 17.2 Å². The molecule has 130 valence electrons. The Labute approximate surface area is 159 Å². The van der Waals surface area contributed by atoms with Crippen LogP contribution in [0.25, 0.3) is 16.6 Å². The molecule has 7 heteroatoms. The van der Waals surface area contributed by atoms with Gasteiger partial charge in [0.2, 0.25) is 5.91 Å². The first-order chi connectivity index (χ1) is 12.7. The largest absolute Gasteiger partial charge is 0.326 e. The van der Waals surface area contributed by atoms with Crippen LogP contribution in [0.5, 0.6) is 0 Å². The van der Waals surface area contributed by atoms with Gasteiger partial charge in [-0.2, -0.15) is 0 Å². The zero-order valence-electron chi connectivity index (χ0n) is 13.7. The second-order valence-corrected chi connectivity index (χ2v) is 7.22. The summed E-state index contributed by atoms with van der Waals surface area (Å²) in [6, 6.07) is 19.2. The molecule has 0 aliphatic carbocycles. The number of nitrogens with zero attached hydrogens (tertiary/aromatic N) is 3. The van der Waals surface area contributed by atoms with Gasteiger partial charge in [-0.1, -0.05) is 41.6 Å². The molecule has 0 saturated heterocycles. The van der Waals surface area contributed by atoms with E-state index in [2.05, 4.69) is 21.6 Å². The third-order valence-corrected chi connectivity index (χ3v) is 5.12. The number of fused-ring (bicyclic) bond motifs is 3. The second-order valence-electron chi connectivity index (χ2n) is 5.72. The molecule has 2 heterocycles. The van der Waals surface area contributed by atoms with Gasteiger partial charge in [0.15, 0.2) is 10.8 Å². The summed E-state index contributed by atoms with van der Waals surface area (Å²) in [5.41, 5.74) is 2.60. The zero-order valence-corrected chi connectivity index (χ0v) is 15.3. The first-order valence-electron chi connectivity index (χ1n) is 8.12. The molecule has 26 heavy (non-hydrogen) atoms. The number of hydrogen-bond donors (Lipinski definition) is 1. The number of para-hydroxylation sites is 1. The fraction of sp³-hybridized carbons (Fsp3) is 0.105. The summed E-state index contributed by atoms with van der Waals surface area (Å²) >= 11 is 7.37. The number of hydrogen-bond acceptors (Lipinski definition) is 4.